The van der Waals surface area contributed by atoms with Gasteiger partial charge in [-0.25, -0.2) is 14.2 Å². The van der Waals surface area contributed by atoms with E-state index in [9.17, 15) is 18.0 Å². The predicted molar refractivity (Wildman–Crippen MR) is 74.4 cm³/mol. The van der Waals surface area contributed by atoms with Crippen LogP contribution >= 0.6 is 11.3 Å². The van der Waals surface area contributed by atoms with E-state index >= 15 is 0 Å². The average molecular weight is 357 g/mol. The third-order valence-electron chi connectivity index (χ3n) is 2.79. The lowest BCUT2D eigenvalue weighted by Gasteiger charge is -2.07. The Morgan fingerprint density at radius 1 is 1.42 bits per heavy atom. The monoisotopic (exact) mass is 357 g/mol. The summed E-state index contributed by atoms with van der Waals surface area (Å²) in [6.07, 6.45) is -3.61. The van der Waals surface area contributed by atoms with Crippen LogP contribution in [0.1, 0.15) is 0 Å². The van der Waals surface area contributed by atoms with Crippen molar-refractivity contribution in [3.8, 4) is 10.7 Å². The highest BCUT2D eigenvalue weighted by atomic mass is 32.1. The second-order valence-electron chi connectivity index (χ2n) is 4.30. The van der Waals surface area contributed by atoms with Crippen LogP contribution in [0, 0.1) is 6.57 Å². The van der Waals surface area contributed by atoms with E-state index in [1.807, 2.05) is 0 Å². The topological polar surface area (TPSA) is 91.6 Å². The minimum atomic E-state index is -4.78. The Morgan fingerprint density at radius 3 is 2.88 bits per heavy atom. The molecule has 0 N–H and O–H groups in total. The van der Waals surface area contributed by atoms with Crippen LogP contribution in [0.15, 0.2) is 16.5 Å². The average Bonchev–Trinajstić information content (AvgIpc) is 3.14. The van der Waals surface area contributed by atoms with Gasteiger partial charge < -0.3 is 4.85 Å². The predicted octanol–water partition coefficient (Wildman–Crippen LogP) is 1.50. The van der Waals surface area contributed by atoms with Gasteiger partial charge in [-0.3, -0.25) is 4.74 Å². The standard InChI is InChI=1S/C11H6F3N7O2S/c1-15-6-4-24-9(17-6)7-8-18-19-21(2-3-23-11(12,13)14)10(22)20(8)5-16-7/h4-5H,2-3H2. The van der Waals surface area contributed by atoms with E-state index in [-0.39, 0.29) is 17.2 Å². The van der Waals surface area contributed by atoms with Gasteiger partial charge in [-0.2, -0.15) is 4.68 Å². The van der Waals surface area contributed by atoms with Gasteiger partial charge >= 0.3 is 12.1 Å². The fourth-order valence-electron chi connectivity index (χ4n) is 1.80. The van der Waals surface area contributed by atoms with Crippen molar-refractivity contribution in [1.29, 1.82) is 0 Å². The molecule has 124 valence electrons. The van der Waals surface area contributed by atoms with Crippen molar-refractivity contribution in [1.82, 2.24) is 29.4 Å². The number of ether oxygens (including phenoxy) is 1. The Morgan fingerprint density at radius 2 is 2.21 bits per heavy atom. The van der Waals surface area contributed by atoms with E-state index in [0.29, 0.717) is 5.01 Å². The van der Waals surface area contributed by atoms with Crippen molar-refractivity contribution in [3.63, 3.8) is 0 Å². The zero-order valence-corrected chi connectivity index (χ0v) is 12.4. The highest BCUT2D eigenvalue weighted by molar-refractivity contribution is 7.13. The van der Waals surface area contributed by atoms with Crippen LogP contribution in [0.3, 0.4) is 0 Å². The van der Waals surface area contributed by atoms with Gasteiger partial charge in [-0.15, -0.1) is 34.6 Å². The molecular formula is C11H6F3N7O2S. The van der Waals surface area contributed by atoms with Gasteiger partial charge in [0, 0.05) is 5.38 Å². The van der Waals surface area contributed by atoms with Gasteiger partial charge in [0.05, 0.1) is 13.2 Å². The summed E-state index contributed by atoms with van der Waals surface area (Å²) in [4.78, 5) is 23.4. The van der Waals surface area contributed by atoms with Gasteiger partial charge in [-0.05, 0) is 0 Å². The fourth-order valence-corrected chi connectivity index (χ4v) is 2.53. The molecule has 0 fully saturated rings. The molecule has 0 aliphatic carbocycles. The van der Waals surface area contributed by atoms with E-state index in [1.54, 1.807) is 0 Å². The second kappa shape index (κ2) is 5.98. The molecule has 0 bridgehead atoms. The first-order chi connectivity index (χ1) is 11.4. The summed E-state index contributed by atoms with van der Waals surface area (Å²) in [5.74, 6) is 0.182. The molecule has 9 nitrogen and oxygen atoms in total. The lowest BCUT2D eigenvalue weighted by Crippen LogP contribution is -2.32. The summed E-state index contributed by atoms with van der Waals surface area (Å²) < 4.78 is 41.2. The van der Waals surface area contributed by atoms with Gasteiger partial charge in [0.1, 0.15) is 6.33 Å². The van der Waals surface area contributed by atoms with Gasteiger partial charge in [-0.1, -0.05) is 11.8 Å². The number of imidazole rings is 1. The van der Waals surface area contributed by atoms with Gasteiger partial charge in [0.2, 0.25) is 5.01 Å². The SMILES string of the molecule is [C-]#[N+]c1csc(-c2ncn3c(=O)n(CCOC(F)(F)F)nnc23)n1. The zero-order valence-electron chi connectivity index (χ0n) is 11.6. The normalized spacial score (nSPS) is 11.8. The maximum absolute atomic E-state index is 12.2. The molecule has 3 aromatic heterocycles. The van der Waals surface area contributed by atoms with Crippen LogP contribution < -0.4 is 5.69 Å². The van der Waals surface area contributed by atoms with Crippen molar-refractivity contribution in [3.05, 3.63) is 33.6 Å². The summed E-state index contributed by atoms with van der Waals surface area (Å²) in [7, 11) is 0. The Balaban J connectivity index is 1.91. The van der Waals surface area contributed by atoms with Crippen LogP contribution in [0.2, 0.25) is 0 Å². The van der Waals surface area contributed by atoms with Gasteiger partial charge in [0.15, 0.2) is 11.3 Å². The molecule has 0 atom stereocenters. The number of nitrogens with zero attached hydrogens (tertiary/aromatic N) is 7. The van der Waals surface area contributed by atoms with E-state index in [2.05, 4.69) is 29.9 Å². The van der Waals surface area contributed by atoms with E-state index < -0.39 is 25.2 Å². The van der Waals surface area contributed by atoms with E-state index in [1.165, 1.54) is 11.7 Å². The van der Waals surface area contributed by atoms with Crippen molar-refractivity contribution >= 4 is 22.8 Å². The number of aromatic nitrogens is 6. The zero-order chi connectivity index (χ0) is 17.3. The number of halogens is 3. The van der Waals surface area contributed by atoms with Crippen LogP contribution in [-0.2, 0) is 11.3 Å². The van der Waals surface area contributed by atoms with Crippen LogP contribution in [-0.4, -0.2) is 42.3 Å². The molecule has 24 heavy (non-hydrogen) atoms. The van der Waals surface area contributed by atoms with Crippen molar-refractivity contribution in [2.45, 2.75) is 12.9 Å². The molecule has 3 rings (SSSR count). The summed E-state index contributed by atoms with van der Waals surface area (Å²) in [5, 5.41) is 9.28. The molecule has 0 saturated heterocycles. The number of thiazole rings is 1. The molecular weight excluding hydrogens is 351 g/mol. The number of alkyl halides is 3. The van der Waals surface area contributed by atoms with Crippen molar-refractivity contribution in [2.24, 2.45) is 0 Å². The molecule has 0 aliphatic rings. The van der Waals surface area contributed by atoms with E-state index in [0.717, 1.165) is 20.4 Å². The number of hydrogen-bond acceptors (Lipinski definition) is 7. The minimum absolute atomic E-state index is 0.0962. The molecule has 0 aromatic carbocycles. The lowest BCUT2D eigenvalue weighted by molar-refractivity contribution is -0.325. The highest BCUT2D eigenvalue weighted by Crippen LogP contribution is 2.27. The summed E-state index contributed by atoms with van der Waals surface area (Å²) in [5.41, 5.74) is -0.358. The highest BCUT2D eigenvalue weighted by Gasteiger charge is 2.29. The van der Waals surface area contributed by atoms with E-state index in [4.69, 9.17) is 6.57 Å². The first kappa shape index (κ1) is 16.0. The van der Waals surface area contributed by atoms with Crippen LogP contribution in [0.25, 0.3) is 21.2 Å². The molecule has 0 saturated carbocycles. The smallest absolute Gasteiger partial charge is 0.360 e. The molecule has 0 spiro atoms. The Labute approximate surface area is 134 Å². The fraction of sp³-hybridized carbons (Fsp3) is 0.273. The molecule has 0 radical (unpaired) electrons. The lowest BCUT2D eigenvalue weighted by atomic mass is 10.5. The Bertz CT molecular complexity index is 984. The summed E-state index contributed by atoms with van der Waals surface area (Å²) >= 11 is 1.15. The maximum Gasteiger partial charge on any atom is 0.522 e. The summed E-state index contributed by atoms with van der Waals surface area (Å²) in [6.45, 7) is 5.69. The van der Waals surface area contributed by atoms with Crippen molar-refractivity contribution < 1.29 is 17.9 Å². The van der Waals surface area contributed by atoms with Gasteiger partial charge in [0.25, 0.3) is 5.82 Å². The first-order valence-corrected chi connectivity index (χ1v) is 7.12. The molecule has 0 amide bonds. The number of rotatable bonds is 4. The Kier molecular flexibility index (Phi) is 3.99. The Hall–Kier alpha value is -2.85. The third-order valence-corrected chi connectivity index (χ3v) is 3.63. The molecule has 3 heterocycles. The first-order valence-electron chi connectivity index (χ1n) is 6.24. The minimum Gasteiger partial charge on any atom is -0.360 e. The molecule has 0 unspecified atom stereocenters. The molecule has 13 heteroatoms. The second-order valence-corrected chi connectivity index (χ2v) is 5.16. The molecule has 3 aromatic rings. The largest absolute Gasteiger partial charge is 0.522 e. The molecule has 0 aliphatic heterocycles. The number of fused-ring (bicyclic) bond motifs is 1. The van der Waals surface area contributed by atoms with Crippen LogP contribution in [0.4, 0.5) is 19.0 Å². The number of hydrogen-bond donors (Lipinski definition) is 0. The summed E-state index contributed by atoms with van der Waals surface area (Å²) in [6, 6.07) is 0. The maximum atomic E-state index is 12.2. The third kappa shape index (κ3) is 3.09. The van der Waals surface area contributed by atoms with Crippen LogP contribution in [0.5, 0.6) is 0 Å². The quantitative estimate of drug-likeness (QED) is 0.657. The van der Waals surface area contributed by atoms with Crippen molar-refractivity contribution in [2.75, 3.05) is 6.61 Å².